The van der Waals surface area contributed by atoms with Gasteiger partial charge in [-0.2, -0.15) is 5.10 Å². The summed E-state index contributed by atoms with van der Waals surface area (Å²) in [6.45, 7) is 4.58. The molecule has 0 spiro atoms. The van der Waals surface area contributed by atoms with E-state index in [-0.39, 0.29) is 5.91 Å². The van der Waals surface area contributed by atoms with Crippen molar-refractivity contribution in [2.24, 2.45) is 5.92 Å². The van der Waals surface area contributed by atoms with E-state index < -0.39 is 0 Å². The first-order chi connectivity index (χ1) is 14.2. The number of rotatable bonds is 4. The van der Waals surface area contributed by atoms with Gasteiger partial charge in [0.2, 0.25) is 0 Å². The molecule has 0 bridgehead atoms. The Kier molecular flexibility index (Phi) is 4.67. The first-order valence-corrected chi connectivity index (χ1v) is 10.9. The molecule has 3 aromatic heterocycles. The molecular formula is C22H23N5OS. The van der Waals surface area contributed by atoms with E-state index in [0.29, 0.717) is 11.6 Å². The van der Waals surface area contributed by atoms with Crippen molar-refractivity contribution in [3.05, 3.63) is 59.4 Å². The van der Waals surface area contributed by atoms with Crippen LogP contribution in [-0.4, -0.2) is 43.6 Å². The Labute approximate surface area is 173 Å². The number of amides is 1. The molecule has 7 heteroatoms. The highest BCUT2D eigenvalue weighted by Crippen LogP contribution is 2.26. The molecule has 0 unspecified atom stereocenters. The van der Waals surface area contributed by atoms with Gasteiger partial charge in [0.25, 0.3) is 5.91 Å². The van der Waals surface area contributed by atoms with Crippen LogP contribution < -0.4 is 0 Å². The lowest BCUT2D eigenvalue weighted by molar-refractivity contribution is 0.0677. The Bertz CT molecular complexity index is 1140. The molecule has 0 atom stereocenters. The summed E-state index contributed by atoms with van der Waals surface area (Å²) >= 11 is 1.64. The Balaban J connectivity index is 1.23. The number of aromatic nitrogens is 4. The summed E-state index contributed by atoms with van der Waals surface area (Å²) in [7, 11) is 0. The lowest BCUT2D eigenvalue weighted by Crippen LogP contribution is -2.39. The first kappa shape index (κ1) is 18.1. The number of carbonyl (C=O) groups excluding carboxylic acids is 1. The highest BCUT2D eigenvalue weighted by Gasteiger charge is 2.26. The summed E-state index contributed by atoms with van der Waals surface area (Å²) in [5.74, 6) is 1.63. The SMILES string of the molecule is Cc1nc2ccccc2n1CC1CCN(C(=O)c2cc(-c3cccs3)[nH]n2)CC1. The minimum Gasteiger partial charge on any atom is -0.337 e. The maximum atomic E-state index is 12.9. The zero-order chi connectivity index (χ0) is 19.8. The summed E-state index contributed by atoms with van der Waals surface area (Å²) in [6, 6.07) is 14.2. The minimum absolute atomic E-state index is 0.0202. The summed E-state index contributed by atoms with van der Waals surface area (Å²) in [6.07, 6.45) is 2.00. The van der Waals surface area contributed by atoms with E-state index in [2.05, 4.69) is 44.9 Å². The average molecular weight is 406 g/mol. The highest BCUT2D eigenvalue weighted by atomic mass is 32.1. The number of para-hydroxylation sites is 2. The van der Waals surface area contributed by atoms with Gasteiger partial charge in [0.15, 0.2) is 5.69 Å². The summed E-state index contributed by atoms with van der Waals surface area (Å²) in [5, 5.41) is 9.26. The number of benzene rings is 1. The third-order valence-electron chi connectivity index (χ3n) is 5.77. The fourth-order valence-corrected chi connectivity index (χ4v) is 4.85. The Hall–Kier alpha value is -2.93. The normalized spacial score (nSPS) is 15.3. The molecule has 1 aromatic carbocycles. The number of piperidine rings is 1. The number of aromatic amines is 1. The molecule has 4 aromatic rings. The van der Waals surface area contributed by atoms with E-state index in [0.717, 1.165) is 54.4 Å². The van der Waals surface area contributed by atoms with Crippen molar-refractivity contribution in [2.75, 3.05) is 13.1 Å². The number of nitrogens with zero attached hydrogens (tertiary/aromatic N) is 4. The molecular weight excluding hydrogens is 382 g/mol. The fourth-order valence-electron chi connectivity index (χ4n) is 4.15. The van der Waals surface area contributed by atoms with Gasteiger partial charge in [0, 0.05) is 19.6 Å². The monoisotopic (exact) mass is 405 g/mol. The number of fused-ring (bicyclic) bond motifs is 1. The molecule has 5 rings (SSSR count). The van der Waals surface area contributed by atoms with Gasteiger partial charge in [-0.3, -0.25) is 9.89 Å². The van der Waals surface area contributed by atoms with Crippen molar-refractivity contribution in [1.29, 1.82) is 0 Å². The molecule has 1 amide bonds. The standard InChI is InChI=1S/C22H23N5OS/c1-15-23-17-5-2-3-6-20(17)27(15)14-16-8-10-26(11-9-16)22(28)19-13-18(24-25-19)21-7-4-12-29-21/h2-7,12-13,16H,8-11,14H2,1H3,(H,24,25). The van der Waals surface area contributed by atoms with E-state index in [9.17, 15) is 4.79 Å². The van der Waals surface area contributed by atoms with Crippen molar-refractivity contribution in [3.8, 4) is 10.6 Å². The van der Waals surface area contributed by atoms with Gasteiger partial charge >= 0.3 is 0 Å². The summed E-state index contributed by atoms with van der Waals surface area (Å²) in [4.78, 5) is 20.6. The molecule has 29 heavy (non-hydrogen) atoms. The Morgan fingerprint density at radius 1 is 1.21 bits per heavy atom. The van der Waals surface area contributed by atoms with Crippen LogP contribution in [0, 0.1) is 12.8 Å². The number of imidazole rings is 1. The van der Waals surface area contributed by atoms with Crippen LogP contribution in [0.1, 0.15) is 29.2 Å². The second kappa shape index (κ2) is 7.48. The van der Waals surface area contributed by atoms with Gasteiger partial charge in [-0.25, -0.2) is 4.98 Å². The van der Waals surface area contributed by atoms with Gasteiger partial charge < -0.3 is 9.47 Å². The van der Waals surface area contributed by atoms with Gasteiger partial charge in [-0.05, 0) is 55.3 Å². The number of thiophene rings is 1. The van der Waals surface area contributed by atoms with E-state index in [1.165, 1.54) is 5.52 Å². The topological polar surface area (TPSA) is 66.8 Å². The molecule has 0 aliphatic carbocycles. The van der Waals surface area contributed by atoms with Gasteiger partial charge in [0.05, 0.1) is 21.6 Å². The Morgan fingerprint density at radius 2 is 2.03 bits per heavy atom. The van der Waals surface area contributed by atoms with E-state index in [1.807, 2.05) is 34.5 Å². The molecule has 1 N–H and O–H groups in total. The maximum absolute atomic E-state index is 12.9. The number of hydrogen-bond donors (Lipinski definition) is 1. The van der Waals surface area contributed by atoms with Crippen LogP contribution in [0.25, 0.3) is 21.6 Å². The zero-order valence-corrected chi connectivity index (χ0v) is 17.2. The summed E-state index contributed by atoms with van der Waals surface area (Å²) in [5.41, 5.74) is 3.66. The quantitative estimate of drug-likeness (QED) is 0.549. The molecule has 1 aliphatic heterocycles. The third kappa shape index (κ3) is 3.46. The van der Waals surface area contributed by atoms with Gasteiger partial charge in [-0.1, -0.05) is 18.2 Å². The number of H-pyrrole nitrogens is 1. The van der Waals surface area contributed by atoms with Crippen molar-refractivity contribution >= 4 is 28.3 Å². The molecule has 1 fully saturated rings. The molecule has 6 nitrogen and oxygen atoms in total. The van der Waals surface area contributed by atoms with Crippen LogP contribution in [0.2, 0.25) is 0 Å². The molecule has 4 heterocycles. The largest absolute Gasteiger partial charge is 0.337 e. The number of hydrogen-bond acceptors (Lipinski definition) is 4. The number of likely N-dealkylation sites (tertiary alicyclic amines) is 1. The number of nitrogens with one attached hydrogen (secondary N) is 1. The van der Waals surface area contributed by atoms with Crippen LogP contribution in [-0.2, 0) is 6.54 Å². The highest BCUT2D eigenvalue weighted by molar-refractivity contribution is 7.13. The smallest absolute Gasteiger partial charge is 0.274 e. The van der Waals surface area contributed by atoms with E-state index in [4.69, 9.17) is 0 Å². The Morgan fingerprint density at radius 3 is 2.83 bits per heavy atom. The first-order valence-electron chi connectivity index (χ1n) is 9.99. The number of carbonyl (C=O) groups is 1. The second-order valence-electron chi connectivity index (χ2n) is 7.64. The minimum atomic E-state index is 0.0202. The van der Waals surface area contributed by atoms with Crippen molar-refractivity contribution in [1.82, 2.24) is 24.6 Å². The molecule has 0 saturated carbocycles. The van der Waals surface area contributed by atoms with E-state index in [1.54, 1.807) is 11.3 Å². The summed E-state index contributed by atoms with van der Waals surface area (Å²) < 4.78 is 2.32. The number of aryl methyl sites for hydroxylation is 1. The van der Waals surface area contributed by atoms with Crippen molar-refractivity contribution < 1.29 is 4.79 Å². The molecule has 1 saturated heterocycles. The molecule has 0 radical (unpaired) electrons. The van der Waals surface area contributed by atoms with Crippen molar-refractivity contribution in [3.63, 3.8) is 0 Å². The van der Waals surface area contributed by atoms with Crippen LogP contribution in [0.3, 0.4) is 0 Å². The zero-order valence-electron chi connectivity index (χ0n) is 16.3. The predicted octanol–water partition coefficient (Wildman–Crippen LogP) is 4.35. The lowest BCUT2D eigenvalue weighted by atomic mass is 9.96. The molecule has 148 valence electrons. The molecule has 1 aliphatic rings. The van der Waals surface area contributed by atoms with Crippen LogP contribution in [0.15, 0.2) is 47.8 Å². The van der Waals surface area contributed by atoms with Gasteiger partial charge in [-0.15, -0.1) is 11.3 Å². The van der Waals surface area contributed by atoms with Crippen LogP contribution >= 0.6 is 11.3 Å². The fraction of sp³-hybridized carbons (Fsp3) is 0.318. The third-order valence-corrected chi connectivity index (χ3v) is 6.67. The van der Waals surface area contributed by atoms with E-state index >= 15 is 0 Å². The average Bonchev–Trinajstić information content (AvgIpc) is 3.49. The predicted molar refractivity (Wildman–Crippen MR) is 115 cm³/mol. The maximum Gasteiger partial charge on any atom is 0.274 e. The van der Waals surface area contributed by atoms with Crippen molar-refractivity contribution in [2.45, 2.75) is 26.3 Å². The second-order valence-corrected chi connectivity index (χ2v) is 8.59. The van der Waals surface area contributed by atoms with Crippen LogP contribution in [0.4, 0.5) is 0 Å². The van der Waals surface area contributed by atoms with Crippen LogP contribution in [0.5, 0.6) is 0 Å². The van der Waals surface area contributed by atoms with Gasteiger partial charge in [0.1, 0.15) is 5.82 Å². The lowest BCUT2D eigenvalue weighted by Gasteiger charge is -2.32.